The molecular weight excluding hydrogens is 274 g/mol. The standard InChI is InChI=1S/C18H27N3O/c1-4-6-7-16(5-2)18(22,12-21-14-19-13-20-21)17-10-8-15(3)9-11-17/h8-11,13-14,16,22H,4-7,12H2,1-3H3. The lowest BCUT2D eigenvalue weighted by atomic mass is 9.77. The Kier molecular flexibility index (Phi) is 5.72. The Morgan fingerprint density at radius 1 is 1.23 bits per heavy atom. The van der Waals surface area contributed by atoms with E-state index in [0.29, 0.717) is 6.54 Å². The maximum Gasteiger partial charge on any atom is 0.137 e. The maximum absolute atomic E-state index is 11.5. The van der Waals surface area contributed by atoms with Crippen molar-refractivity contribution in [3.8, 4) is 0 Å². The van der Waals surface area contributed by atoms with Crippen LogP contribution in [0.25, 0.3) is 0 Å². The number of hydrogen-bond acceptors (Lipinski definition) is 3. The first-order chi connectivity index (χ1) is 10.6. The molecule has 0 fully saturated rings. The summed E-state index contributed by atoms with van der Waals surface area (Å²) in [4.78, 5) is 4.00. The molecule has 1 heterocycles. The average Bonchev–Trinajstić information content (AvgIpc) is 3.01. The lowest BCUT2D eigenvalue weighted by molar-refractivity contribution is -0.0481. The first-order valence-corrected chi connectivity index (χ1v) is 8.22. The first kappa shape index (κ1) is 16.7. The third-order valence-corrected chi connectivity index (χ3v) is 4.50. The van der Waals surface area contributed by atoms with Crippen LogP contribution in [0.3, 0.4) is 0 Å². The second kappa shape index (κ2) is 7.54. The molecule has 0 saturated heterocycles. The molecule has 1 N–H and O–H groups in total. The summed E-state index contributed by atoms with van der Waals surface area (Å²) in [6.07, 6.45) is 7.42. The Bertz CT molecular complexity index is 550. The molecule has 2 aromatic rings. The smallest absolute Gasteiger partial charge is 0.137 e. The van der Waals surface area contributed by atoms with Crippen molar-refractivity contribution < 1.29 is 5.11 Å². The van der Waals surface area contributed by atoms with Crippen molar-refractivity contribution in [1.29, 1.82) is 0 Å². The molecule has 4 nitrogen and oxygen atoms in total. The molecule has 1 aromatic carbocycles. The van der Waals surface area contributed by atoms with Gasteiger partial charge in [0.2, 0.25) is 0 Å². The van der Waals surface area contributed by atoms with Crippen molar-refractivity contribution in [1.82, 2.24) is 14.8 Å². The number of aromatic nitrogens is 3. The third-order valence-electron chi connectivity index (χ3n) is 4.50. The Labute approximate surface area is 133 Å². The summed E-state index contributed by atoms with van der Waals surface area (Å²) in [7, 11) is 0. The molecule has 0 radical (unpaired) electrons. The van der Waals surface area contributed by atoms with E-state index in [4.69, 9.17) is 0 Å². The molecule has 22 heavy (non-hydrogen) atoms. The van der Waals surface area contributed by atoms with E-state index in [1.54, 1.807) is 11.0 Å². The lowest BCUT2D eigenvalue weighted by Gasteiger charge is -2.36. The van der Waals surface area contributed by atoms with Crippen LogP contribution in [0.1, 0.15) is 50.7 Å². The summed E-state index contributed by atoms with van der Waals surface area (Å²) in [6.45, 7) is 6.85. The van der Waals surface area contributed by atoms with Gasteiger partial charge in [0.05, 0.1) is 6.54 Å². The Morgan fingerprint density at radius 2 is 1.95 bits per heavy atom. The molecule has 0 aliphatic rings. The van der Waals surface area contributed by atoms with E-state index in [0.717, 1.165) is 31.2 Å². The fraction of sp³-hybridized carbons (Fsp3) is 0.556. The Balaban J connectivity index is 2.35. The molecule has 0 aliphatic heterocycles. The fourth-order valence-electron chi connectivity index (χ4n) is 3.09. The van der Waals surface area contributed by atoms with E-state index < -0.39 is 5.60 Å². The van der Waals surface area contributed by atoms with Crippen LogP contribution in [-0.2, 0) is 12.1 Å². The van der Waals surface area contributed by atoms with Gasteiger partial charge < -0.3 is 5.11 Å². The summed E-state index contributed by atoms with van der Waals surface area (Å²) in [6, 6.07) is 8.21. The predicted molar refractivity (Wildman–Crippen MR) is 88.4 cm³/mol. The summed E-state index contributed by atoms with van der Waals surface area (Å²) in [5.41, 5.74) is 1.26. The number of unbranched alkanes of at least 4 members (excludes halogenated alkanes) is 1. The minimum absolute atomic E-state index is 0.208. The number of hydrogen-bond donors (Lipinski definition) is 1. The molecule has 2 unspecified atom stereocenters. The molecule has 2 rings (SSSR count). The topological polar surface area (TPSA) is 50.9 Å². The fourth-order valence-corrected chi connectivity index (χ4v) is 3.09. The van der Waals surface area contributed by atoms with Gasteiger partial charge in [0.1, 0.15) is 18.3 Å². The van der Waals surface area contributed by atoms with Gasteiger partial charge in [-0.2, -0.15) is 5.10 Å². The molecule has 0 bridgehead atoms. The molecule has 0 amide bonds. The number of benzene rings is 1. The summed E-state index contributed by atoms with van der Waals surface area (Å²) >= 11 is 0. The summed E-state index contributed by atoms with van der Waals surface area (Å²) < 4.78 is 1.73. The van der Waals surface area contributed by atoms with E-state index in [-0.39, 0.29) is 5.92 Å². The van der Waals surface area contributed by atoms with Gasteiger partial charge in [-0.3, -0.25) is 0 Å². The predicted octanol–water partition coefficient (Wildman–Crippen LogP) is 3.69. The number of aryl methyl sites for hydroxylation is 1. The van der Waals surface area contributed by atoms with Crippen LogP contribution in [0.5, 0.6) is 0 Å². The van der Waals surface area contributed by atoms with Gasteiger partial charge in [0.15, 0.2) is 0 Å². The SMILES string of the molecule is CCCCC(CC)C(O)(Cn1cncn1)c1ccc(C)cc1. The van der Waals surface area contributed by atoms with Crippen LogP contribution in [0.4, 0.5) is 0 Å². The van der Waals surface area contributed by atoms with Crippen LogP contribution in [0.2, 0.25) is 0 Å². The number of nitrogens with zero attached hydrogens (tertiary/aromatic N) is 3. The second-order valence-electron chi connectivity index (χ2n) is 6.13. The summed E-state index contributed by atoms with van der Waals surface area (Å²) in [5.74, 6) is 0.208. The largest absolute Gasteiger partial charge is 0.383 e. The van der Waals surface area contributed by atoms with E-state index >= 15 is 0 Å². The first-order valence-electron chi connectivity index (χ1n) is 8.22. The highest BCUT2D eigenvalue weighted by molar-refractivity contribution is 5.27. The molecular formula is C18H27N3O. The van der Waals surface area contributed by atoms with Crippen molar-refractivity contribution in [2.24, 2.45) is 5.92 Å². The van der Waals surface area contributed by atoms with Gasteiger partial charge in [-0.1, -0.05) is 62.9 Å². The second-order valence-corrected chi connectivity index (χ2v) is 6.13. The molecule has 0 aliphatic carbocycles. The van der Waals surface area contributed by atoms with Crippen molar-refractivity contribution in [2.45, 2.75) is 58.6 Å². The van der Waals surface area contributed by atoms with Gasteiger partial charge in [0, 0.05) is 0 Å². The zero-order valence-electron chi connectivity index (χ0n) is 13.9. The third kappa shape index (κ3) is 3.74. The zero-order chi connectivity index (χ0) is 16.0. The molecule has 0 saturated carbocycles. The Hall–Kier alpha value is -1.68. The van der Waals surface area contributed by atoms with E-state index in [2.05, 4.69) is 43.0 Å². The highest BCUT2D eigenvalue weighted by Gasteiger charge is 2.37. The monoisotopic (exact) mass is 301 g/mol. The Morgan fingerprint density at radius 3 is 2.50 bits per heavy atom. The van der Waals surface area contributed by atoms with Crippen molar-refractivity contribution in [2.75, 3.05) is 0 Å². The van der Waals surface area contributed by atoms with Crippen molar-refractivity contribution >= 4 is 0 Å². The molecule has 1 aromatic heterocycles. The highest BCUT2D eigenvalue weighted by Crippen LogP contribution is 2.37. The quantitative estimate of drug-likeness (QED) is 0.809. The van der Waals surface area contributed by atoms with Crippen LogP contribution in [0, 0.1) is 12.8 Å². The minimum Gasteiger partial charge on any atom is -0.383 e. The van der Waals surface area contributed by atoms with Crippen molar-refractivity contribution in [3.05, 3.63) is 48.0 Å². The minimum atomic E-state index is -0.911. The number of aliphatic hydroxyl groups is 1. The van der Waals surface area contributed by atoms with E-state index in [9.17, 15) is 5.11 Å². The van der Waals surface area contributed by atoms with Crippen LogP contribution < -0.4 is 0 Å². The van der Waals surface area contributed by atoms with Gasteiger partial charge in [0.25, 0.3) is 0 Å². The van der Waals surface area contributed by atoms with Crippen molar-refractivity contribution in [3.63, 3.8) is 0 Å². The van der Waals surface area contributed by atoms with E-state index in [1.165, 1.54) is 11.9 Å². The number of rotatable bonds is 8. The van der Waals surface area contributed by atoms with Gasteiger partial charge >= 0.3 is 0 Å². The molecule has 2 atom stereocenters. The normalized spacial score (nSPS) is 15.5. The molecule has 4 heteroatoms. The zero-order valence-corrected chi connectivity index (χ0v) is 13.9. The summed E-state index contributed by atoms with van der Waals surface area (Å²) in [5, 5.41) is 15.7. The van der Waals surface area contributed by atoms with Gasteiger partial charge in [-0.15, -0.1) is 0 Å². The van der Waals surface area contributed by atoms with Crippen LogP contribution in [0.15, 0.2) is 36.9 Å². The van der Waals surface area contributed by atoms with Gasteiger partial charge in [-0.05, 0) is 24.8 Å². The highest BCUT2D eigenvalue weighted by atomic mass is 16.3. The van der Waals surface area contributed by atoms with Crippen LogP contribution in [-0.4, -0.2) is 19.9 Å². The molecule has 120 valence electrons. The lowest BCUT2D eigenvalue weighted by Crippen LogP contribution is -2.39. The van der Waals surface area contributed by atoms with Crippen LogP contribution >= 0.6 is 0 Å². The molecule has 0 spiro atoms. The van der Waals surface area contributed by atoms with E-state index in [1.807, 2.05) is 12.1 Å². The maximum atomic E-state index is 11.5. The van der Waals surface area contributed by atoms with Gasteiger partial charge in [-0.25, -0.2) is 9.67 Å². The average molecular weight is 301 g/mol.